The molecule has 33 heavy (non-hydrogen) atoms. The average Bonchev–Trinajstić information content (AvgIpc) is 3.35. The Labute approximate surface area is 192 Å². The van der Waals surface area contributed by atoms with Gasteiger partial charge in [-0.1, -0.05) is 38.1 Å². The van der Waals surface area contributed by atoms with E-state index in [0.717, 1.165) is 12.8 Å². The molecule has 2 heterocycles. The van der Waals surface area contributed by atoms with E-state index >= 15 is 0 Å². The van der Waals surface area contributed by atoms with Crippen molar-refractivity contribution in [3.63, 3.8) is 0 Å². The van der Waals surface area contributed by atoms with Crippen LogP contribution in [0.15, 0.2) is 63.2 Å². The van der Waals surface area contributed by atoms with Crippen LogP contribution in [-0.4, -0.2) is 42.8 Å². The summed E-state index contributed by atoms with van der Waals surface area (Å²) in [6.45, 7) is 4.62. The van der Waals surface area contributed by atoms with E-state index in [2.05, 4.69) is 31.3 Å². The maximum absolute atomic E-state index is 13.8. The zero-order chi connectivity index (χ0) is 23.7. The molecule has 4 atom stereocenters. The fraction of sp³-hybridized carbons (Fsp3) is 0.417. The number of amides is 2. The third-order valence-electron chi connectivity index (χ3n) is 7.18. The standard InChI is InChI=1S/C24H27N3O5S/c1-12(2)9-10-27-20-14-8-7-13(11-14)17(20)21(28)18(24(27)30)19-22(23(25)29)33(31,32)16-6-4-3-5-15(16)26-19/h3-8,12-14,17,20,26,28H,9-11H2,1-2H3,(H2,25,29). The van der Waals surface area contributed by atoms with E-state index in [1.807, 2.05) is 0 Å². The van der Waals surface area contributed by atoms with Crippen molar-refractivity contribution < 1.29 is 23.1 Å². The number of para-hydroxylation sites is 1. The molecule has 9 heteroatoms. The lowest BCUT2D eigenvalue weighted by Gasteiger charge is -2.43. The van der Waals surface area contributed by atoms with Crippen molar-refractivity contribution >= 4 is 27.3 Å². The topological polar surface area (TPSA) is 130 Å². The first-order valence-corrected chi connectivity index (χ1v) is 12.7. The number of sulfone groups is 1. The van der Waals surface area contributed by atoms with Crippen LogP contribution in [-0.2, 0) is 19.4 Å². The third kappa shape index (κ3) is 3.13. The molecular formula is C24H27N3O5S. The van der Waals surface area contributed by atoms with Crippen LogP contribution in [0.1, 0.15) is 26.7 Å². The SMILES string of the molecule is CC(C)CCN1C(=O)C(C2=C(C(N)=O)S(=O)(=O)c3ccccc3N2)=C(O)C2C3C=CC(C3)C21. The molecule has 2 aliphatic heterocycles. The molecule has 0 spiro atoms. The second-order valence-corrected chi connectivity index (χ2v) is 11.5. The number of fused-ring (bicyclic) bond motifs is 6. The van der Waals surface area contributed by atoms with Gasteiger partial charge in [0.25, 0.3) is 11.8 Å². The molecule has 4 unspecified atom stereocenters. The number of nitrogens with one attached hydrogen (secondary N) is 1. The summed E-state index contributed by atoms with van der Waals surface area (Å²) in [4.78, 5) is 27.2. The molecule has 174 valence electrons. The van der Waals surface area contributed by atoms with Crippen LogP contribution >= 0.6 is 0 Å². The van der Waals surface area contributed by atoms with Gasteiger partial charge in [0, 0.05) is 18.5 Å². The molecule has 2 amide bonds. The summed E-state index contributed by atoms with van der Waals surface area (Å²) in [5.74, 6) is -1.62. The van der Waals surface area contributed by atoms with Crippen LogP contribution in [0.2, 0.25) is 0 Å². The quantitative estimate of drug-likeness (QED) is 0.568. The van der Waals surface area contributed by atoms with Crippen molar-refractivity contribution in [3.05, 3.63) is 58.4 Å². The number of allylic oxidation sites excluding steroid dienone is 1. The Morgan fingerprint density at radius 1 is 1.24 bits per heavy atom. The van der Waals surface area contributed by atoms with Gasteiger partial charge in [0.15, 0.2) is 4.91 Å². The fourth-order valence-electron chi connectivity index (χ4n) is 5.70. The number of nitrogens with two attached hydrogens (primary N) is 1. The molecule has 0 saturated heterocycles. The van der Waals surface area contributed by atoms with E-state index in [1.54, 1.807) is 23.1 Å². The minimum absolute atomic E-state index is 0.0507. The normalized spacial score (nSPS) is 29.4. The first-order valence-electron chi connectivity index (χ1n) is 11.2. The Kier molecular flexibility index (Phi) is 4.93. The molecule has 0 aromatic heterocycles. The van der Waals surface area contributed by atoms with Crippen LogP contribution < -0.4 is 11.1 Å². The summed E-state index contributed by atoms with van der Waals surface area (Å²) in [6.07, 6.45) is 5.75. The lowest BCUT2D eigenvalue weighted by Crippen LogP contribution is -2.53. The van der Waals surface area contributed by atoms with Gasteiger partial charge < -0.3 is 21.1 Å². The molecule has 1 fully saturated rings. The Hall–Kier alpha value is -3.07. The Morgan fingerprint density at radius 2 is 1.94 bits per heavy atom. The Bertz CT molecular complexity index is 1260. The van der Waals surface area contributed by atoms with Crippen molar-refractivity contribution in [3.8, 4) is 0 Å². The second kappa shape index (κ2) is 7.48. The summed E-state index contributed by atoms with van der Waals surface area (Å²) in [7, 11) is -4.29. The second-order valence-electron chi connectivity index (χ2n) is 9.60. The number of anilines is 1. The number of nitrogens with zero attached hydrogens (tertiary/aromatic N) is 1. The molecule has 2 aliphatic carbocycles. The zero-order valence-electron chi connectivity index (χ0n) is 18.5. The lowest BCUT2D eigenvalue weighted by molar-refractivity contribution is -0.132. The van der Waals surface area contributed by atoms with Gasteiger partial charge in [0.05, 0.1) is 16.3 Å². The highest BCUT2D eigenvalue weighted by molar-refractivity contribution is 7.96. The van der Waals surface area contributed by atoms with Crippen LogP contribution in [0.5, 0.6) is 0 Å². The fourth-order valence-corrected chi connectivity index (χ4v) is 7.27. The van der Waals surface area contributed by atoms with Crippen LogP contribution in [0, 0.1) is 23.7 Å². The first kappa shape index (κ1) is 21.8. The summed E-state index contributed by atoms with van der Waals surface area (Å²) < 4.78 is 26.6. The number of rotatable bonds is 5. The van der Waals surface area contributed by atoms with Crippen LogP contribution in [0.25, 0.3) is 0 Å². The van der Waals surface area contributed by atoms with Crippen LogP contribution in [0.3, 0.4) is 0 Å². The molecular weight excluding hydrogens is 442 g/mol. The van der Waals surface area contributed by atoms with Crippen molar-refractivity contribution in [1.82, 2.24) is 4.90 Å². The van der Waals surface area contributed by atoms with Crippen molar-refractivity contribution in [1.29, 1.82) is 0 Å². The molecule has 0 radical (unpaired) electrons. The molecule has 5 rings (SSSR count). The molecule has 4 aliphatic rings. The summed E-state index contributed by atoms with van der Waals surface area (Å²) in [6, 6.07) is 5.94. The minimum Gasteiger partial charge on any atom is -0.511 e. The van der Waals surface area contributed by atoms with Gasteiger partial charge in [-0.3, -0.25) is 9.59 Å². The molecule has 4 N–H and O–H groups in total. The predicted octanol–water partition coefficient (Wildman–Crippen LogP) is 2.47. The minimum atomic E-state index is -4.29. The third-order valence-corrected chi connectivity index (χ3v) is 9.06. The van der Waals surface area contributed by atoms with Gasteiger partial charge in [-0.05, 0) is 42.7 Å². The highest BCUT2D eigenvalue weighted by atomic mass is 32.2. The number of hydrogen-bond donors (Lipinski definition) is 3. The van der Waals surface area contributed by atoms with Crippen molar-refractivity contribution in [2.24, 2.45) is 29.4 Å². The van der Waals surface area contributed by atoms with Gasteiger partial charge in [0.2, 0.25) is 9.84 Å². The molecule has 1 aromatic carbocycles. The smallest absolute Gasteiger partial charge is 0.262 e. The monoisotopic (exact) mass is 469 g/mol. The predicted molar refractivity (Wildman–Crippen MR) is 122 cm³/mol. The number of carbonyl (C=O) groups excluding carboxylic acids is 2. The average molecular weight is 470 g/mol. The summed E-state index contributed by atoms with van der Waals surface area (Å²) in [5, 5.41) is 14.3. The maximum atomic E-state index is 13.8. The van der Waals surface area contributed by atoms with Gasteiger partial charge in [-0.25, -0.2) is 8.42 Å². The number of aliphatic hydroxyl groups excluding tert-OH is 1. The van der Waals surface area contributed by atoms with E-state index < -0.39 is 26.6 Å². The maximum Gasteiger partial charge on any atom is 0.262 e. The van der Waals surface area contributed by atoms with E-state index in [1.165, 1.54) is 6.07 Å². The number of benzene rings is 1. The highest BCUT2D eigenvalue weighted by Gasteiger charge is 2.55. The Balaban J connectivity index is 1.71. The number of primary amides is 1. The van der Waals surface area contributed by atoms with Crippen molar-refractivity contribution in [2.45, 2.75) is 37.6 Å². The van der Waals surface area contributed by atoms with Gasteiger partial charge in [0.1, 0.15) is 11.3 Å². The largest absolute Gasteiger partial charge is 0.511 e. The zero-order valence-corrected chi connectivity index (χ0v) is 19.3. The molecule has 1 aromatic rings. The Morgan fingerprint density at radius 3 is 2.64 bits per heavy atom. The lowest BCUT2D eigenvalue weighted by atomic mass is 9.80. The van der Waals surface area contributed by atoms with E-state index in [0.29, 0.717) is 12.5 Å². The highest BCUT2D eigenvalue weighted by Crippen LogP contribution is 2.53. The van der Waals surface area contributed by atoms with Gasteiger partial charge in [-0.2, -0.15) is 0 Å². The van der Waals surface area contributed by atoms with Crippen LogP contribution in [0.4, 0.5) is 5.69 Å². The summed E-state index contributed by atoms with van der Waals surface area (Å²) >= 11 is 0. The number of hydrogen-bond acceptors (Lipinski definition) is 6. The van der Waals surface area contributed by atoms with E-state index in [-0.39, 0.29) is 51.4 Å². The van der Waals surface area contributed by atoms with Gasteiger partial charge in [-0.15, -0.1) is 0 Å². The van der Waals surface area contributed by atoms with E-state index in [4.69, 9.17) is 5.73 Å². The molecule has 8 nitrogen and oxygen atoms in total. The van der Waals surface area contributed by atoms with Gasteiger partial charge >= 0.3 is 0 Å². The number of aliphatic hydroxyl groups is 1. The molecule has 1 saturated carbocycles. The first-order chi connectivity index (χ1) is 15.6. The number of carbonyl (C=O) groups is 2. The summed E-state index contributed by atoms with van der Waals surface area (Å²) in [5.41, 5.74) is 5.36. The van der Waals surface area contributed by atoms with Crippen molar-refractivity contribution in [2.75, 3.05) is 11.9 Å². The van der Waals surface area contributed by atoms with E-state index in [9.17, 15) is 23.1 Å². The molecule has 2 bridgehead atoms.